The van der Waals surface area contributed by atoms with E-state index in [0.717, 1.165) is 57.5 Å². The molecule has 3 aliphatic rings. The van der Waals surface area contributed by atoms with Crippen LogP contribution in [0.4, 0.5) is 13.2 Å². The van der Waals surface area contributed by atoms with E-state index in [1.165, 1.54) is 35.4 Å². The van der Waals surface area contributed by atoms with Crippen molar-refractivity contribution in [2.75, 3.05) is 26.2 Å². The van der Waals surface area contributed by atoms with Crippen LogP contribution in [0.25, 0.3) is 0 Å². The second-order valence-electron chi connectivity index (χ2n) is 12.3. The SMILES string of the molecule is CC1(C)Cc2cccc(CN3CCC4(CC3)CCN(C(=O)c3ccccc3C(OC(=O)C(F)(F)F)C(N)=O)CC4)c2O1. The zero-order chi connectivity index (χ0) is 30.3. The van der Waals surface area contributed by atoms with Crippen molar-refractivity contribution < 1.29 is 37.0 Å². The summed E-state index contributed by atoms with van der Waals surface area (Å²) in [5.74, 6) is -3.27. The lowest BCUT2D eigenvalue weighted by Gasteiger charge is -2.47. The number of fused-ring (bicyclic) bond motifs is 1. The van der Waals surface area contributed by atoms with Crippen LogP contribution in [-0.2, 0) is 27.3 Å². The average molecular weight is 588 g/mol. The zero-order valence-electron chi connectivity index (χ0n) is 23.8. The Morgan fingerprint density at radius 3 is 2.26 bits per heavy atom. The molecule has 0 radical (unpaired) electrons. The molecule has 1 unspecified atom stereocenters. The summed E-state index contributed by atoms with van der Waals surface area (Å²) in [5, 5.41) is 0. The van der Waals surface area contributed by atoms with Crippen molar-refractivity contribution in [1.29, 1.82) is 0 Å². The molecular weight excluding hydrogens is 551 g/mol. The summed E-state index contributed by atoms with van der Waals surface area (Å²) in [5.41, 5.74) is 7.49. The third-order valence-electron chi connectivity index (χ3n) is 8.78. The second kappa shape index (κ2) is 11.2. The highest BCUT2D eigenvalue weighted by Crippen LogP contribution is 2.43. The maximum atomic E-state index is 13.5. The van der Waals surface area contributed by atoms with Gasteiger partial charge in [-0.3, -0.25) is 14.5 Å². The van der Waals surface area contributed by atoms with Gasteiger partial charge in [-0.25, -0.2) is 4.79 Å². The molecule has 0 saturated carbocycles. The minimum atomic E-state index is -5.31. The summed E-state index contributed by atoms with van der Waals surface area (Å²) in [6.45, 7) is 7.88. The van der Waals surface area contributed by atoms with Crippen LogP contribution in [0.5, 0.6) is 5.75 Å². The number of ether oxygens (including phenoxy) is 2. The molecule has 3 aliphatic heterocycles. The lowest BCUT2D eigenvalue weighted by atomic mass is 9.71. The van der Waals surface area contributed by atoms with E-state index in [4.69, 9.17) is 10.5 Å². The molecule has 2 aromatic rings. The van der Waals surface area contributed by atoms with Crippen molar-refractivity contribution in [3.63, 3.8) is 0 Å². The molecule has 0 aliphatic carbocycles. The first-order valence-electron chi connectivity index (χ1n) is 14.2. The first kappa shape index (κ1) is 29.9. The van der Waals surface area contributed by atoms with Crippen LogP contribution in [0.2, 0.25) is 0 Å². The average Bonchev–Trinajstić information content (AvgIpc) is 3.27. The van der Waals surface area contributed by atoms with Crippen molar-refractivity contribution in [2.45, 2.75) is 70.4 Å². The first-order valence-corrected chi connectivity index (χ1v) is 14.2. The number of carbonyl (C=O) groups is 3. The number of benzene rings is 2. The summed E-state index contributed by atoms with van der Waals surface area (Å²) in [6.07, 6.45) is -2.84. The number of carbonyl (C=O) groups excluding carboxylic acids is 3. The molecule has 2 saturated heterocycles. The molecule has 8 nitrogen and oxygen atoms in total. The van der Waals surface area contributed by atoms with E-state index in [2.05, 4.69) is 41.7 Å². The van der Waals surface area contributed by atoms with E-state index in [0.29, 0.717) is 13.1 Å². The fourth-order valence-electron chi connectivity index (χ4n) is 6.45. The van der Waals surface area contributed by atoms with Gasteiger partial charge in [-0.15, -0.1) is 0 Å². The van der Waals surface area contributed by atoms with Crippen molar-refractivity contribution >= 4 is 17.8 Å². The van der Waals surface area contributed by atoms with Crippen molar-refractivity contribution in [3.05, 3.63) is 64.7 Å². The zero-order valence-corrected chi connectivity index (χ0v) is 23.8. The molecule has 5 rings (SSSR count). The summed E-state index contributed by atoms with van der Waals surface area (Å²) >= 11 is 0. The molecule has 226 valence electrons. The van der Waals surface area contributed by atoms with E-state index >= 15 is 0 Å². The van der Waals surface area contributed by atoms with Gasteiger partial charge in [-0.1, -0.05) is 36.4 Å². The first-order chi connectivity index (χ1) is 19.8. The number of likely N-dealkylation sites (tertiary alicyclic amines) is 2. The fourth-order valence-corrected chi connectivity index (χ4v) is 6.45. The fraction of sp³-hybridized carbons (Fsp3) is 0.516. The Labute approximate surface area is 242 Å². The lowest BCUT2D eigenvalue weighted by molar-refractivity contribution is -0.205. The predicted molar refractivity (Wildman–Crippen MR) is 147 cm³/mol. The molecule has 1 spiro atoms. The number of esters is 1. The molecule has 11 heteroatoms. The molecule has 2 aromatic carbocycles. The van der Waals surface area contributed by atoms with Gasteiger partial charge in [-0.05, 0) is 69.7 Å². The third kappa shape index (κ3) is 6.25. The van der Waals surface area contributed by atoms with Gasteiger partial charge in [0.1, 0.15) is 11.4 Å². The number of piperidine rings is 2. The van der Waals surface area contributed by atoms with Crippen LogP contribution in [0.15, 0.2) is 42.5 Å². The quantitative estimate of drug-likeness (QED) is 0.498. The number of rotatable bonds is 6. The molecule has 2 amide bonds. The van der Waals surface area contributed by atoms with Gasteiger partial charge in [-0.2, -0.15) is 13.2 Å². The van der Waals surface area contributed by atoms with E-state index in [-0.39, 0.29) is 22.1 Å². The van der Waals surface area contributed by atoms with Crippen LogP contribution in [-0.4, -0.2) is 65.5 Å². The number of nitrogens with zero attached hydrogens (tertiary/aromatic N) is 2. The van der Waals surface area contributed by atoms with E-state index in [1.54, 1.807) is 4.90 Å². The largest absolute Gasteiger partial charge is 0.490 e. The molecule has 0 aromatic heterocycles. The third-order valence-corrected chi connectivity index (χ3v) is 8.78. The Bertz CT molecular complexity index is 1360. The Balaban J connectivity index is 1.20. The van der Waals surface area contributed by atoms with Gasteiger partial charge < -0.3 is 20.1 Å². The molecule has 0 bridgehead atoms. The van der Waals surface area contributed by atoms with Gasteiger partial charge in [0.2, 0.25) is 6.10 Å². The minimum Gasteiger partial charge on any atom is -0.487 e. The number of hydrogen-bond donors (Lipinski definition) is 1. The van der Waals surface area contributed by atoms with Crippen molar-refractivity contribution in [2.24, 2.45) is 11.1 Å². The van der Waals surface area contributed by atoms with E-state index < -0.39 is 30.1 Å². The van der Waals surface area contributed by atoms with Crippen LogP contribution >= 0.6 is 0 Å². The highest BCUT2D eigenvalue weighted by atomic mass is 19.4. The molecule has 1 atom stereocenters. The highest BCUT2D eigenvalue weighted by molar-refractivity contribution is 5.98. The Morgan fingerprint density at radius 2 is 1.62 bits per heavy atom. The topological polar surface area (TPSA) is 102 Å². The number of primary amides is 1. The maximum Gasteiger partial charge on any atom is 0.490 e. The highest BCUT2D eigenvalue weighted by Gasteiger charge is 2.44. The normalized spacial score (nSPS) is 20.5. The van der Waals surface area contributed by atoms with Crippen LogP contribution in [0, 0.1) is 5.41 Å². The number of amides is 2. The van der Waals surface area contributed by atoms with E-state index in [1.807, 2.05) is 0 Å². The van der Waals surface area contributed by atoms with Crippen molar-refractivity contribution in [1.82, 2.24) is 9.80 Å². The molecule has 3 heterocycles. The van der Waals surface area contributed by atoms with Gasteiger partial charge >= 0.3 is 12.1 Å². The summed E-state index contributed by atoms with van der Waals surface area (Å²) in [4.78, 5) is 41.0. The Morgan fingerprint density at radius 1 is 0.976 bits per heavy atom. The molecule has 42 heavy (non-hydrogen) atoms. The van der Waals surface area contributed by atoms with Gasteiger partial charge in [0.05, 0.1) is 0 Å². The number of para-hydroxylation sites is 1. The number of alkyl halides is 3. The number of hydrogen-bond acceptors (Lipinski definition) is 6. The molecule has 2 N–H and O–H groups in total. The van der Waals surface area contributed by atoms with Crippen molar-refractivity contribution in [3.8, 4) is 5.75 Å². The van der Waals surface area contributed by atoms with Crippen LogP contribution in [0.1, 0.15) is 72.7 Å². The summed E-state index contributed by atoms with van der Waals surface area (Å²) in [7, 11) is 0. The van der Waals surface area contributed by atoms with Gasteiger partial charge in [0.15, 0.2) is 0 Å². The molecule has 2 fully saturated rings. The van der Waals surface area contributed by atoms with E-state index in [9.17, 15) is 27.6 Å². The second-order valence-corrected chi connectivity index (χ2v) is 12.3. The number of halogens is 3. The monoisotopic (exact) mass is 587 g/mol. The predicted octanol–water partition coefficient (Wildman–Crippen LogP) is 4.55. The number of nitrogens with two attached hydrogens (primary N) is 1. The summed E-state index contributed by atoms with van der Waals surface area (Å²) in [6, 6.07) is 12.0. The standard InChI is InChI=1S/C31H36F3N3O5/c1-29(2)18-20-6-5-7-21(24(20)42-29)19-36-14-10-30(11-15-36)12-16-37(17-13-30)27(39)23-9-4-3-8-22(23)25(26(35)38)41-28(40)31(32,33)34/h3-9,25H,10-19H2,1-2H3,(H2,35,38). The van der Waals surface area contributed by atoms with Crippen LogP contribution in [0.3, 0.4) is 0 Å². The minimum absolute atomic E-state index is 0.0113. The molecular formula is C31H36F3N3O5. The Hall–Kier alpha value is -3.60. The lowest BCUT2D eigenvalue weighted by Crippen LogP contribution is -2.48. The smallest absolute Gasteiger partial charge is 0.487 e. The summed E-state index contributed by atoms with van der Waals surface area (Å²) < 4.78 is 49.1. The van der Waals surface area contributed by atoms with Crippen LogP contribution < -0.4 is 10.5 Å². The van der Waals surface area contributed by atoms with Gasteiger partial charge in [0, 0.05) is 42.7 Å². The Kier molecular flexibility index (Phi) is 8.00. The van der Waals surface area contributed by atoms with Gasteiger partial charge in [0.25, 0.3) is 11.8 Å². The maximum absolute atomic E-state index is 13.5.